The second kappa shape index (κ2) is 3.64. The van der Waals surface area contributed by atoms with E-state index in [1.54, 1.807) is 0 Å². The average Bonchev–Trinajstić information content (AvgIpc) is 2.30. The van der Waals surface area contributed by atoms with Crippen molar-refractivity contribution in [2.45, 2.75) is 51.6 Å². The second-order valence-corrected chi connectivity index (χ2v) is 4.70. The van der Waals surface area contributed by atoms with Gasteiger partial charge in [-0.05, 0) is 0 Å². The molecule has 1 fully saturated rings. The van der Waals surface area contributed by atoms with E-state index in [0.29, 0.717) is 0 Å². The van der Waals surface area contributed by atoms with Crippen LogP contribution >= 0.6 is 0 Å². The normalized spacial score (nSPS) is 46.8. The molecule has 0 amide bonds. The van der Waals surface area contributed by atoms with Crippen LogP contribution in [0.5, 0.6) is 0 Å². The van der Waals surface area contributed by atoms with Gasteiger partial charge in [-0.15, -0.1) is 0 Å². The molecule has 1 rings (SSSR count). The van der Waals surface area contributed by atoms with Gasteiger partial charge >= 0.3 is 0 Å². The van der Waals surface area contributed by atoms with Crippen molar-refractivity contribution < 1.29 is 23.7 Å². The van der Waals surface area contributed by atoms with Gasteiger partial charge in [-0.3, -0.25) is 0 Å². The summed E-state index contributed by atoms with van der Waals surface area (Å²) in [5, 5.41) is 19.0. The van der Waals surface area contributed by atoms with Crippen molar-refractivity contribution in [3.63, 3.8) is 0 Å². The van der Waals surface area contributed by atoms with Crippen molar-refractivity contribution in [2.24, 2.45) is 11.8 Å². The van der Waals surface area contributed by atoms with Crippen LogP contribution in [0.4, 0.5) is 8.78 Å². The predicted molar refractivity (Wildman–Crippen MR) is 50.5 cm³/mol. The maximum Gasteiger partial charge on any atom is 0.243 e. The Kier molecular flexibility index (Phi) is 3.11. The molecule has 4 atom stereocenters. The van der Waals surface area contributed by atoms with Crippen LogP contribution < -0.4 is 0 Å². The topological polar surface area (TPSA) is 49.7 Å². The van der Waals surface area contributed by atoms with Gasteiger partial charge < -0.3 is 14.9 Å². The van der Waals surface area contributed by atoms with Gasteiger partial charge in [0.25, 0.3) is 0 Å². The fourth-order valence-electron chi connectivity index (χ4n) is 1.71. The van der Waals surface area contributed by atoms with Gasteiger partial charge in [0.2, 0.25) is 11.7 Å². The highest BCUT2D eigenvalue weighted by atomic mass is 19.2. The van der Waals surface area contributed by atoms with Crippen LogP contribution in [0.1, 0.15) is 27.7 Å². The Morgan fingerprint density at radius 3 is 1.33 bits per heavy atom. The number of halogens is 2. The predicted octanol–water partition coefficient (Wildman–Crippen LogP) is 1.38. The first-order valence-electron chi connectivity index (χ1n) is 5.10. The van der Waals surface area contributed by atoms with Crippen LogP contribution in [0.3, 0.4) is 0 Å². The summed E-state index contributed by atoms with van der Waals surface area (Å²) >= 11 is 0. The van der Waals surface area contributed by atoms with Gasteiger partial charge in [-0.2, -0.15) is 0 Å². The number of hydrogen-bond acceptors (Lipinski definition) is 3. The molecule has 0 saturated carbocycles. The van der Waals surface area contributed by atoms with Crippen LogP contribution in [-0.4, -0.2) is 34.1 Å². The van der Waals surface area contributed by atoms with E-state index in [1.165, 1.54) is 27.7 Å². The van der Waals surface area contributed by atoms with Crippen molar-refractivity contribution in [3.05, 3.63) is 0 Å². The summed E-state index contributed by atoms with van der Waals surface area (Å²) in [6.07, 6.45) is -3.71. The molecule has 5 heteroatoms. The van der Waals surface area contributed by atoms with Gasteiger partial charge in [0.15, 0.2) is 0 Å². The molecule has 0 aromatic rings. The van der Waals surface area contributed by atoms with Crippen LogP contribution in [0.2, 0.25) is 0 Å². The number of alkyl halides is 2. The molecule has 1 aliphatic heterocycles. The molecule has 3 nitrogen and oxygen atoms in total. The van der Waals surface area contributed by atoms with Crippen LogP contribution in [0, 0.1) is 11.8 Å². The lowest BCUT2D eigenvalue weighted by molar-refractivity contribution is -0.278. The number of aliphatic hydroxyl groups is 2. The van der Waals surface area contributed by atoms with Crippen molar-refractivity contribution in [3.8, 4) is 0 Å². The van der Waals surface area contributed by atoms with Crippen LogP contribution in [-0.2, 0) is 4.74 Å². The molecule has 4 unspecified atom stereocenters. The maximum atomic E-state index is 14.1. The lowest BCUT2D eigenvalue weighted by Gasteiger charge is -2.29. The van der Waals surface area contributed by atoms with E-state index in [2.05, 4.69) is 4.74 Å². The average molecular weight is 224 g/mol. The Hall–Kier alpha value is -0.260. The van der Waals surface area contributed by atoms with E-state index in [1.807, 2.05) is 0 Å². The zero-order chi connectivity index (χ0) is 12.0. The molecule has 0 aromatic carbocycles. The molecule has 1 heterocycles. The zero-order valence-electron chi connectivity index (χ0n) is 9.37. The van der Waals surface area contributed by atoms with Crippen molar-refractivity contribution >= 4 is 0 Å². The highest BCUT2D eigenvalue weighted by molar-refractivity contribution is 5.02. The number of ether oxygens (including phenoxy) is 1. The summed E-state index contributed by atoms with van der Waals surface area (Å²) in [7, 11) is 0. The summed E-state index contributed by atoms with van der Waals surface area (Å²) in [5.41, 5.74) is 0. The molecule has 1 saturated heterocycles. The Bertz CT molecular complexity index is 223. The van der Waals surface area contributed by atoms with Gasteiger partial charge in [0.1, 0.15) is 12.2 Å². The minimum atomic E-state index is -2.53. The smallest absolute Gasteiger partial charge is 0.243 e. The van der Waals surface area contributed by atoms with E-state index >= 15 is 0 Å². The molecule has 2 N–H and O–H groups in total. The second-order valence-electron chi connectivity index (χ2n) is 4.70. The number of hydrogen-bond donors (Lipinski definition) is 2. The Morgan fingerprint density at radius 2 is 1.20 bits per heavy atom. The van der Waals surface area contributed by atoms with Gasteiger partial charge in [-0.25, -0.2) is 8.78 Å². The molecule has 0 aliphatic carbocycles. The molecule has 0 bridgehead atoms. The molecule has 0 aromatic heterocycles. The lowest BCUT2D eigenvalue weighted by atomic mass is 9.93. The van der Waals surface area contributed by atoms with Crippen LogP contribution in [0.25, 0.3) is 0 Å². The lowest BCUT2D eigenvalue weighted by Crippen LogP contribution is -2.44. The van der Waals surface area contributed by atoms with Gasteiger partial charge in [-0.1, -0.05) is 27.7 Å². The van der Waals surface area contributed by atoms with Crippen LogP contribution in [0.15, 0.2) is 0 Å². The third-order valence-electron chi connectivity index (χ3n) is 2.99. The number of rotatable bonds is 2. The fraction of sp³-hybridized carbons (Fsp3) is 1.00. The molecule has 90 valence electrons. The first-order valence-corrected chi connectivity index (χ1v) is 5.10. The molecule has 0 radical (unpaired) electrons. The van der Waals surface area contributed by atoms with Crippen molar-refractivity contribution in [2.75, 3.05) is 0 Å². The zero-order valence-corrected chi connectivity index (χ0v) is 9.37. The Labute approximate surface area is 88.1 Å². The molecular formula is C10H18F2O3. The minimum Gasteiger partial charge on any atom is -0.384 e. The molecule has 0 spiro atoms. The molecule has 15 heavy (non-hydrogen) atoms. The first-order chi connectivity index (χ1) is 6.66. The molecular weight excluding hydrogens is 206 g/mol. The quantitative estimate of drug-likeness (QED) is 0.745. The summed E-state index contributed by atoms with van der Waals surface area (Å²) in [6, 6.07) is 0. The number of aliphatic hydroxyl groups excluding tert-OH is 2. The van der Waals surface area contributed by atoms with E-state index in [4.69, 9.17) is 0 Å². The maximum absolute atomic E-state index is 14.1. The Balaban J connectivity index is 3.04. The first kappa shape index (κ1) is 12.8. The van der Waals surface area contributed by atoms with Crippen molar-refractivity contribution in [1.29, 1.82) is 0 Å². The third kappa shape index (κ3) is 1.66. The highest BCUT2D eigenvalue weighted by Gasteiger charge is 2.66. The third-order valence-corrected chi connectivity index (χ3v) is 2.99. The molecule has 1 aliphatic rings. The monoisotopic (exact) mass is 224 g/mol. The minimum absolute atomic E-state index is 0.737. The Morgan fingerprint density at radius 1 is 0.933 bits per heavy atom. The standard InChI is InChI=1S/C10H18F2O3/c1-5(2)9(11)7(13)8(14)10(12,15-9)6(3)4/h5-8,13-14H,1-4H3. The largest absolute Gasteiger partial charge is 0.384 e. The summed E-state index contributed by atoms with van der Waals surface area (Å²) in [5.74, 6) is -6.53. The summed E-state index contributed by atoms with van der Waals surface area (Å²) < 4.78 is 32.8. The van der Waals surface area contributed by atoms with E-state index in [-0.39, 0.29) is 0 Å². The van der Waals surface area contributed by atoms with E-state index in [9.17, 15) is 19.0 Å². The van der Waals surface area contributed by atoms with Gasteiger partial charge in [0.05, 0.1) is 0 Å². The van der Waals surface area contributed by atoms with E-state index in [0.717, 1.165) is 0 Å². The summed E-state index contributed by atoms with van der Waals surface area (Å²) in [6.45, 7) is 5.84. The highest BCUT2D eigenvalue weighted by Crippen LogP contribution is 2.47. The summed E-state index contributed by atoms with van der Waals surface area (Å²) in [4.78, 5) is 0. The van der Waals surface area contributed by atoms with Gasteiger partial charge in [0, 0.05) is 11.8 Å². The van der Waals surface area contributed by atoms with Crippen molar-refractivity contribution in [1.82, 2.24) is 0 Å². The fourth-order valence-corrected chi connectivity index (χ4v) is 1.71. The van der Waals surface area contributed by atoms with E-state index < -0.39 is 35.8 Å². The SMILES string of the molecule is CC(C)C1(F)OC(F)(C(C)C)C(O)C1O.